The minimum atomic E-state index is -4.51. The molecule has 9 heteroatoms. The smallest absolute Gasteiger partial charge is 0.416 e. The monoisotopic (exact) mass is 373 g/mol. The highest BCUT2D eigenvalue weighted by molar-refractivity contribution is 5.86. The zero-order valence-electron chi connectivity index (χ0n) is 14.1. The molecule has 1 amide bonds. The Morgan fingerprint density at radius 2 is 1.88 bits per heavy atom. The number of rotatable bonds is 7. The fourth-order valence-corrected chi connectivity index (χ4v) is 2.01. The van der Waals surface area contributed by atoms with Crippen molar-refractivity contribution in [1.82, 2.24) is 5.32 Å². The topological polar surface area (TPSA) is 81.7 Å². The van der Waals surface area contributed by atoms with Gasteiger partial charge in [-0.25, -0.2) is 9.59 Å². The number of alkyl halides is 3. The molecule has 0 fully saturated rings. The van der Waals surface area contributed by atoms with Gasteiger partial charge in [0.05, 0.1) is 26.2 Å². The quantitative estimate of drug-likeness (QED) is 0.584. The first-order chi connectivity index (χ1) is 12.2. The van der Waals surface area contributed by atoms with Crippen LogP contribution in [0.2, 0.25) is 0 Å². The van der Waals surface area contributed by atoms with Gasteiger partial charge in [-0.05, 0) is 18.1 Å². The Morgan fingerprint density at radius 3 is 2.46 bits per heavy atom. The number of esters is 2. The van der Waals surface area contributed by atoms with Gasteiger partial charge >= 0.3 is 18.1 Å². The van der Waals surface area contributed by atoms with E-state index in [1.54, 1.807) is 0 Å². The molecule has 26 heavy (non-hydrogen) atoms. The van der Waals surface area contributed by atoms with Crippen molar-refractivity contribution in [2.24, 2.45) is 0 Å². The van der Waals surface area contributed by atoms with Gasteiger partial charge in [-0.2, -0.15) is 13.2 Å². The first-order valence-corrected chi connectivity index (χ1v) is 7.45. The minimum Gasteiger partial charge on any atom is -0.467 e. The lowest BCUT2D eigenvalue weighted by Gasteiger charge is -2.15. The third-order valence-corrected chi connectivity index (χ3v) is 3.27. The van der Waals surface area contributed by atoms with Crippen LogP contribution in [0.1, 0.15) is 17.5 Å². The number of hydrogen-bond donors (Lipinski definition) is 1. The molecule has 1 rings (SSSR count). The SMILES string of the molecule is COC(=O)/C=C/C[C@H](NC(=O)Cc1cccc(C(F)(F)F)c1)C(=O)OC. The second-order valence-corrected chi connectivity index (χ2v) is 5.18. The van der Waals surface area contributed by atoms with E-state index in [0.29, 0.717) is 0 Å². The Hall–Kier alpha value is -2.84. The lowest BCUT2D eigenvalue weighted by Crippen LogP contribution is -2.41. The maximum atomic E-state index is 12.7. The van der Waals surface area contributed by atoms with E-state index in [1.165, 1.54) is 25.3 Å². The number of benzene rings is 1. The number of halogens is 3. The average molecular weight is 373 g/mol. The average Bonchev–Trinajstić information content (AvgIpc) is 2.59. The molecular formula is C17H18F3NO5. The third kappa shape index (κ3) is 6.96. The van der Waals surface area contributed by atoms with E-state index in [4.69, 9.17) is 0 Å². The van der Waals surface area contributed by atoms with Crippen molar-refractivity contribution in [2.45, 2.75) is 25.1 Å². The molecular weight excluding hydrogens is 355 g/mol. The van der Waals surface area contributed by atoms with Crippen LogP contribution in [-0.2, 0) is 36.5 Å². The number of hydrogen-bond acceptors (Lipinski definition) is 5. The second kappa shape index (κ2) is 9.59. The lowest BCUT2D eigenvalue weighted by atomic mass is 10.1. The summed E-state index contributed by atoms with van der Waals surface area (Å²) in [5, 5.41) is 2.37. The number of carbonyl (C=O) groups excluding carboxylic acids is 3. The summed E-state index contributed by atoms with van der Waals surface area (Å²) in [5.41, 5.74) is -0.723. The normalized spacial score (nSPS) is 12.5. The van der Waals surface area contributed by atoms with E-state index < -0.39 is 35.6 Å². The molecule has 0 saturated heterocycles. The summed E-state index contributed by atoms with van der Waals surface area (Å²) in [7, 11) is 2.31. The van der Waals surface area contributed by atoms with E-state index in [9.17, 15) is 27.6 Å². The van der Waals surface area contributed by atoms with Gasteiger partial charge < -0.3 is 14.8 Å². The third-order valence-electron chi connectivity index (χ3n) is 3.27. The van der Waals surface area contributed by atoms with Gasteiger partial charge in [-0.1, -0.05) is 24.3 Å². The molecule has 0 unspecified atom stereocenters. The zero-order valence-corrected chi connectivity index (χ0v) is 14.1. The van der Waals surface area contributed by atoms with Crippen LogP contribution in [0.3, 0.4) is 0 Å². The number of amides is 1. The molecule has 0 spiro atoms. The van der Waals surface area contributed by atoms with Gasteiger partial charge in [0.2, 0.25) is 5.91 Å². The molecule has 0 radical (unpaired) electrons. The molecule has 1 atom stereocenters. The molecule has 142 valence electrons. The van der Waals surface area contributed by atoms with E-state index in [0.717, 1.165) is 25.3 Å². The molecule has 0 aromatic heterocycles. The highest BCUT2D eigenvalue weighted by atomic mass is 19.4. The molecule has 0 aliphatic heterocycles. The van der Waals surface area contributed by atoms with Crippen molar-refractivity contribution in [3.05, 3.63) is 47.5 Å². The first-order valence-electron chi connectivity index (χ1n) is 7.45. The van der Waals surface area contributed by atoms with Crippen molar-refractivity contribution < 1.29 is 37.0 Å². The molecule has 1 aromatic rings. The summed E-state index contributed by atoms with van der Waals surface area (Å²) in [6, 6.07) is 3.25. The minimum absolute atomic E-state index is 0.0455. The second-order valence-electron chi connectivity index (χ2n) is 5.18. The zero-order chi connectivity index (χ0) is 19.7. The highest BCUT2D eigenvalue weighted by Crippen LogP contribution is 2.29. The van der Waals surface area contributed by atoms with E-state index in [2.05, 4.69) is 14.8 Å². The Kier molecular flexibility index (Phi) is 7.82. The van der Waals surface area contributed by atoms with Crippen molar-refractivity contribution in [3.8, 4) is 0 Å². The van der Waals surface area contributed by atoms with Crippen molar-refractivity contribution in [1.29, 1.82) is 0 Å². The standard InChI is InChI=1S/C17H18F3NO5/c1-25-15(23)8-4-7-13(16(24)26-2)21-14(22)10-11-5-3-6-12(9-11)17(18,19)20/h3-6,8-9,13H,7,10H2,1-2H3,(H,21,22)/b8-4+/t13-/m0/s1. The molecule has 0 aliphatic rings. The Balaban J connectivity index is 2.76. The Labute approximate surface area is 148 Å². The first kappa shape index (κ1) is 21.2. The summed E-state index contributed by atoms with van der Waals surface area (Å²) in [5.74, 6) is -2.05. The molecule has 0 saturated carbocycles. The van der Waals surface area contributed by atoms with Gasteiger partial charge in [0.1, 0.15) is 6.04 Å². The summed E-state index contributed by atoms with van der Waals surface area (Å²) in [4.78, 5) is 34.7. The molecule has 1 aromatic carbocycles. The fourth-order valence-electron chi connectivity index (χ4n) is 2.01. The van der Waals surface area contributed by atoms with E-state index in [-0.39, 0.29) is 18.4 Å². The van der Waals surface area contributed by atoms with Crippen LogP contribution in [0.25, 0.3) is 0 Å². The maximum Gasteiger partial charge on any atom is 0.416 e. The van der Waals surface area contributed by atoms with Gasteiger partial charge in [-0.3, -0.25) is 4.79 Å². The van der Waals surface area contributed by atoms with E-state index >= 15 is 0 Å². The Morgan fingerprint density at radius 1 is 1.19 bits per heavy atom. The number of nitrogens with one attached hydrogen (secondary N) is 1. The highest BCUT2D eigenvalue weighted by Gasteiger charge is 2.30. The summed E-state index contributed by atoms with van der Waals surface area (Å²) >= 11 is 0. The number of carbonyl (C=O) groups is 3. The van der Waals surface area contributed by atoms with Crippen LogP contribution in [0.15, 0.2) is 36.4 Å². The van der Waals surface area contributed by atoms with Crippen LogP contribution in [-0.4, -0.2) is 38.1 Å². The van der Waals surface area contributed by atoms with Crippen LogP contribution in [0, 0.1) is 0 Å². The van der Waals surface area contributed by atoms with Crippen LogP contribution in [0.4, 0.5) is 13.2 Å². The lowest BCUT2D eigenvalue weighted by molar-refractivity contribution is -0.145. The van der Waals surface area contributed by atoms with Crippen molar-refractivity contribution in [2.75, 3.05) is 14.2 Å². The van der Waals surface area contributed by atoms with Gasteiger partial charge in [0.15, 0.2) is 0 Å². The Bertz CT molecular complexity index is 685. The van der Waals surface area contributed by atoms with Crippen LogP contribution in [0.5, 0.6) is 0 Å². The summed E-state index contributed by atoms with van der Waals surface area (Å²) in [6.45, 7) is 0. The molecule has 0 heterocycles. The predicted octanol–water partition coefficient (Wildman–Crippen LogP) is 2.02. The van der Waals surface area contributed by atoms with Crippen LogP contribution < -0.4 is 5.32 Å². The van der Waals surface area contributed by atoms with Crippen molar-refractivity contribution >= 4 is 17.8 Å². The molecule has 0 aliphatic carbocycles. The van der Waals surface area contributed by atoms with E-state index in [1.807, 2.05) is 0 Å². The molecule has 0 bridgehead atoms. The maximum absolute atomic E-state index is 12.7. The largest absolute Gasteiger partial charge is 0.467 e. The molecule has 1 N–H and O–H groups in total. The summed E-state index contributed by atoms with van der Waals surface area (Å²) < 4.78 is 47.0. The van der Waals surface area contributed by atoms with Crippen molar-refractivity contribution in [3.63, 3.8) is 0 Å². The summed E-state index contributed by atoms with van der Waals surface area (Å²) in [6.07, 6.45) is -2.51. The van der Waals surface area contributed by atoms with Gasteiger partial charge in [-0.15, -0.1) is 0 Å². The number of methoxy groups -OCH3 is 2. The van der Waals surface area contributed by atoms with Gasteiger partial charge in [0.25, 0.3) is 0 Å². The fraction of sp³-hybridized carbons (Fsp3) is 0.353. The molecule has 6 nitrogen and oxygen atoms in total. The predicted molar refractivity (Wildman–Crippen MR) is 84.9 cm³/mol. The number of ether oxygens (including phenoxy) is 2. The van der Waals surface area contributed by atoms with Gasteiger partial charge in [0, 0.05) is 6.08 Å². The van der Waals surface area contributed by atoms with Crippen LogP contribution >= 0.6 is 0 Å².